The Morgan fingerprint density at radius 2 is 0.818 bits per heavy atom. The second-order valence-electron chi connectivity index (χ2n) is 14.0. The van der Waals surface area contributed by atoms with Gasteiger partial charge in [0.05, 0.1) is 0 Å². The first-order valence-electron chi connectivity index (χ1n) is 18.5. The summed E-state index contributed by atoms with van der Waals surface area (Å²) in [5.41, 5.74) is 9.10. The average Bonchev–Trinajstić information content (AvgIpc) is 3.65. The molecule has 0 N–H and O–H groups in total. The van der Waals surface area contributed by atoms with Crippen LogP contribution < -0.4 is 0 Å². The highest BCUT2D eigenvalue weighted by atomic mass is 16.3. The van der Waals surface area contributed by atoms with Gasteiger partial charge in [0.1, 0.15) is 11.2 Å². The predicted octanol–water partition coefficient (Wildman–Crippen LogP) is 13.6. The minimum atomic E-state index is 0.602. The van der Waals surface area contributed by atoms with Crippen molar-refractivity contribution in [3.05, 3.63) is 188 Å². The summed E-state index contributed by atoms with van der Waals surface area (Å²) in [5.74, 6) is 1.83. The van der Waals surface area contributed by atoms with Crippen LogP contribution in [0, 0.1) is 0 Å². The molecule has 4 nitrogen and oxygen atoms in total. The molecular formula is C51H31N3O. The van der Waals surface area contributed by atoms with Crippen LogP contribution in [0.15, 0.2) is 192 Å². The monoisotopic (exact) mass is 701 g/mol. The quantitative estimate of drug-likeness (QED) is 0.179. The van der Waals surface area contributed by atoms with Crippen LogP contribution in [0.4, 0.5) is 0 Å². The number of rotatable bonds is 5. The van der Waals surface area contributed by atoms with Crippen LogP contribution in [0.25, 0.3) is 111 Å². The van der Waals surface area contributed by atoms with Crippen molar-refractivity contribution in [1.82, 2.24) is 15.0 Å². The molecule has 256 valence electrons. The lowest BCUT2D eigenvalue weighted by Gasteiger charge is -2.13. The fourth-order valence-corrected chi connectivity index (χ4v) is 7.94. The van der Waals surface area contributed by atoms with Gasteiger partial charge in [-0.3, -0.25) is 0 Å². The van der Waals surface area contributed by atoms with E-state index in [1.54, 1.807) is 0 Å². The second-order valence-corrected chi connectivity index (χ2v) is 14.0. The van der Waals surface area contributed by atoms with E-state index in [9.17, 15) is 0 Å². The molecule has 0 saturated carbocycles. The van der Waals surface area contributed by atoms with Gasteiger partial charge in [0.2, 0.25) is 0 Å². The molecule has 0 aliphatic carbocycles. The summed E-state index contributed by atoms with van der Waals surface area (Å²) in [6.45, 7) is 0. The molecule has 4 heteroatoms. The first-order chi connectivity index (χ1) is 27.2. The number of aromatic nitrogens is 3. The third-order valence-electron chi connectivity index (χ3n) is 10.7. The second kappa shape index (κ2) is 12.6. The van der Waals surface area contributed by atoms with E-state index in [1.807, 2.05) is 12.1 Å². The molecular weight excluding hydrogens is 671 g/mol. The molecule has 0 bridgehead atoms. The van der Waals surface area contributed by atoms with E-state index in [2.05, 4.69) is 176 Å². The van der Waals surface area contributed by atoms with Crippen molar-refractivity contribution >= 4 is 54.3 Å². The van der Waals surface area contributed by atoms with E-state index < -0.39 is 0 Å². The van der Waals surface area contributed by atoms with Gasteiger partial charge in [0.25, 0.3) is 0 Å². The number of furan rings is 1. The third-order valence-corrected chi connectivity index (χ3v) is 10.7. The van der Waals surface area contributed by atoms with Crippen molar-refractivity contribution in [1.29, 1.82) is 0 Å². The van der Waals surface area contributed by atoms with Crippen LogP contribution in [0.1, 0.15) is 0 Å². The minimum absolute atomic E-state index is 0.602. The van der Waals surface area contributed by atoms with Gasteiger partial charge in [0.15, 0.2) is 17.5 Å². The van der Waals surface area contributed by atoms with Gasteiger partial charge >= 0.3 is 0 Å². The normalized spacial score (nSPS) is 11.6. The summed E-state index contributed by atoms with van der Waals surface area (Å²) in [5, 5.41) is 9.04. The summed E-state index contributed by atoms with van der Waals surface area (Å²) in [6.07, 6.45) is 0. The van der Waals surface area contributed by atoms with Gasteiger partial charge in [-0.2, -0.15) is 0 Å². The molecule has 9 aromatic carbocycles. The Bertz CT molecular complexity index is 3260. The first-order valence-corrected chi connectivity index (χ1v) is 18.5. The minimum Gasteiger partial charge on any atom is -0.456 e. The zero-order valence-electron chi connectivity index (χ0n) is 29.6. The molecule has 0 amide bonds. The Morgan fingerprint density at radius 3 is 1.58 bits per heavy atom. The Labute approximate surface area is 317 Å². The number of hydrogen-bond donors (Lipinski definition) is 0. The molecule has 0 radical (unpaired) electrons. The summed E-state index contributed by atoms with van der Waals surface area (Å²) in [6, 6.07) is 65.9. The van der Waals surface area contributed by atoms with Gasteiger partial charge in [0, 0.05) is 27.5 Å². The van der Waals surface area contributed by atoms with Crippen molar-refractivity contribution < 1.29 is 4.42 Å². The molecule has 11 aromatic rings. The van der Waals surface area contributed by atoms with Crippen LogP contribution >= 0.6 is 0 Å². The topological polar surface area (TPSA) is 51.8 Å². The number of nitrogens with zero attached hydrogens (tertiary/aromatic N) is 3. The van der Waals surface area contributed by atoms with E-state index in [0.29, 0.717) is 17.5 Å². The molecule has 0 aliphatic heterocycles. The molecule has 2 aromatic heterocycles. The molecule has 0 saturated heterocycles. The van der Waals surface area contributed by atoms with Gasteiger partial charge in [-0.05, 0) is 103 Å². The van der Waals surface area contributed by atoms with Crippen LogP contribution in [0.5, 0.6) is 0 Å². The predicted molar refractivity (Wildman–Crippen MR) is 227 cm³/mol. The summed E-state index contributed by atoms with van der Waals surface area (Å²) < 4.78 is 6.36. The highest BCUT2D eigenvalue weighted by Gasteiger charge is 2.18. The van der Waals surface area contributed by atoms with E-state index in [0.717, 1.165) is 71.3 Å². The fraction of sp³-hybridized carbons (Fsp3) is 0. The number of benzene rings is 9. The van der Waals surface area contributed by atoms with Gasteiger partial charge in [-0.15, -0.1) is 0 Å². The molecule has 11 rings (SSSR count). The van der Waals surface area contributed by atoms with E-state index in [-0.39, 0.29) is 0 Å². The highest BCUT2D eigenvalue weighted by Crippen LogP contribution is 2.38. The summed E-state index contributed by atoms with van der Waals surface area (Å²) >= 11 is 0. The molecule has 2 heterocycles. The summed E-state index contributed by atoms with van der Waals surface area (Å²) in [7, 11) is 0. The zero-order valence-corrected chi connectivity index (χ0v) is 29.6. The molecule has 0 aliphatic rings. The molecule has 0 atom stereocenters. The van der Waals surface area contributed by atoms with Crippen molar-refractivity contribution in [2.24, 2.45) is 0 Å². The maximum absolute atomic E-state index is 6.36. The van der Waals surface area contributed by atoms with Gasteiger partial charge in [-0.25, -0.2) is 15.0 Å². The zero-order chi connectivity index (χ0) is 36.3. The third kappa shape index (κ3) is 5.43. The molecule has 55 heavy (non-hydrogen) atoms. The molecule has 0 fully saturated rings. The van der Waals surface area contributed by atoms with Crippen molar-refractivity contribution in [3.63, 3.8) is 0 Å². The lowest BCUT2D eigenvalue weighted by molar-refractivity contribution is 0.669. The Kier molecular flexibility index (Phi) is 7.14. The molecule has 0 spiro atoms. The van der Waals surface area contributed by atoms with E-state index in [1.165, 1.54) is 21.9 Å². The number of fused-ring (bicyclic) bond motifs is 7. The maximum atomic E-state index is 6.36. The first kappa shape index (κ1) is 31.1. The van der Waals surface area contributed by atoms with Crippen LogP contribution in [0.3, 0.4) is 0 Å². The van der Waals surface area contributed by atoms with Gasteiger partial charge < -0.3 is 4.42 Å². The number of hydrogen-bond acceptors (Lipinski definition) is 4. The van der Waals surface area contributed by atoms with Crippen molar-refractivity contribution in [2.75, 3.05) is 0 Å². The summed E-state index contributed by atoms with van der Waals surface area (Å²) in [4.78, 5) is 15.6. The van der Waals surface area contributed by atoms with Crippen molar-refractivity contribution in [2.45, 2.75) is 0 Å². The smallest absolute Gasteiger partial charge is 0.164 e. The van der Waals surface area contributed by atoms with E-state index >= 15 is 0 Å². The Hall–Kier alpha value is -7.43. The average molecular weight is 702 g/mol. The van der Waals surface area contributed by atoms with Crippen molar-refractivity contribution in [3.8, 4) is 56.4 Å². The Morgan fingerprint density at radius 1 is 0.291 bits per heavy atom. The highest BCUT2D eigenvalue weighted by molar-refractivity contribution is 6.19. The van der Waals surface area contributed by atoms with E-state index in [4.69, 9.17) is 19.4 Å². The van der Waals surface area contributed by atoms with Gasteiger partial charge in [-0.1, -0.05) is 140 Å². The van der Waals surface area contributed by atoms with Crippen LogP contribution in [-0.2, 0) is 0 Å². The van der Waals surface area contributed by atoms with Crippen LogP contribution in [-0.4, -0.2) is 15.0 Å². The lowest BCUT2D eigenvalue weighted by atomic mass is 9.95. The SMILES string of the molecule is c1ccc(-c2ccc3cc(-c4nc(-c5cc(-c6ccccc6)c6ccccc6c5)nc(-c5ccc6oc7ccc8ccccc8c7c6c5)n4)ccc3c2)cc1. The largest absolute Gasteiger partial charge is 0.456 e. The standard InChI is InChI=1S/C51H31N3O/c1-3-11-32(12-4-1)35-19-20-37-28-39(22-21-36(37)27-35)49-52-50(40-24-25-46-45(30-40)48-43-18-10-7-15-34(43)23-26-47(48)55-46)54-51(53-49)41-29-38-16-8-9-17-42(38)44(31-41)33-13-5-2-6-14-33/h1-31H. The fourth-order valence-electron chi connectivity index (χ4n) is 7.94. The molecule has 0 unspecified atom stereocenters. The maximum Gasteiger partial charge on any atom is 0.164 e. The Balaban J connectivity index is 1.12. The van der Waals surface area contributed by atoms with Crippen LogP contribution in [0.2, 0.25) is 0 Å². The lowest BCUT2D eigenvalue weighted by Crippen LogP contribution is -2.00.